The average Bonchev–Trinajstić information content (AvgIpc) is 2.26. The van der Waals surface area contributed by atoms with Crippen molar-refractivity contribution in [1.29, 1.82) is 0 Å². The molecule has 94 valence electrons. The third kappa shape index (κ3) is 2.20. The molecule has 4 rings (SSSR count). The summed E-state index contributed by atoms with van der Waals surface area (Å²) >= 11 is 0. The van der Waals surface area contributed by atoms with Crippen LogP contribution in [0, 0.1) is 17.3 Å². The van der Waals surface area contributed by atoms with Gasteiger partial charge in [-0.2, -0.15) is 0 Å². The number of hydrogen-bond acceptors (Lipinski definition) is 2. The lowest BCUT2D eigenvalue weighted by molar-refractivity contribution is -0.00227. The number of ether oxygens (including phenoxy) is 1. The van der Waals surface area contributed by atoms with Crippen molar-refractivity contribution in [3.8, 4) is 0 Å². The molecule has 4 aliphatic rings. The van der Waals surface area contributed by atoms with Gasteiger partial charge in [0.2, 0.25) is 0 Å². The molecule has 0 aromatic rings. The van der Waals surface area contributed by atoms with E-state index in [1.54, 1.807) is 5.57 Å². The maximum atomic E-state index is 5.72. The number of rotatable bonds is 5. The minimum absolute atomic E-state index is 0.577. The standard InChI is InChI=1S/C14H23BO2/c1-14(2)11-5-10(6-12(14)7-11)3-4-17-15-13-8-16-9-13/h5,11-13,15H,3-4,6-9H2,1-2H3. The summed E-state index contributed by atoms with van der Waals surface area (Å²) in [5, 5.41) is 0. The molecule has 2 bridgehead atoms. The van der Waals surface area contributed by atoms with Crippen molar-refractivity contribution in [3.05, 3.63) is 11.6 Å². The summed E-state index contributed by atoms with van der Waals surface area (Å²) in [6, 6.07) is 0. The van der Waals surface area contributed by atoms with Gasteiger partial charge in [0.15, 0.2) is 0 Å². The topological polar surface area (TPSA) is 18.5 Å². The first-order valence-corrected chi connectivity index (χ1v) is 7.01. The molecule has 2 nitrogen and oxygen atoms in total. The van der Waals surface area contributed by atoms with Gasteiger partial charge in [-0.15, -0.1) is 0 Å². The van der Waals surface area contributed by atoms with Crippen LogP contribution in [0.4, 0.5) is 0 Å². The van der Waals surface area contributed by atoms with Crippen LogP contribution in [0.1, 0.15) is 33.1 Å². The second-order valence-electron chi connectivity index (χ2n) is 6.62. The molecule has 0 radical (unpaired) electrons. The Balaban J connectivity index is 1.38. The minimum atomic E-state index is 0.577. The molecule has 2 atom stereocenters. The lowest BCUT2D eigenvalue weighted by atomic mass is 9.50. The van der Waals surface area contributed by atoms with Gasteiger partial charge < -0.3 is 9.39 Å². The van der Waals surface area contributed by atoms with Crippen LogP contribution in [0.2, 0.25) is 5.82 Å². The van der Waals surface area contributed by atoms with Gasteiger partial charge in [0.05, 0.1) is 0 Å². The van der Waals surface area contributed by atoms with Crippen molar-refractivity contribution in [1.82, 2.24) is 0 Å². The van der Waals surface area contributed by atoms with E-state index >= 15 is 0 Å². The highest BCUT2D eigenvalue weighted by molar-refractivity contribution is 6.30. The molecule has 2 unspecified atom stereocenters. The first-order valence-electron chi connectivity index (χ1n) is 7.01. The highest BCUT2D eigenvalue weighted by Crippen LogP contribution is 2.58. The van der Waals surface area contributed by atoms with E-state index in [0.29, 0.717) is 11.2 Å². The summed E-state index contributed by atoms with van der Waals surface area (Å²) in [6.07, 6.45) is 6.43. The van der Waals surface area contributed by atoms with E-state index in [-0.39, 0.29) is 0 Å². The van der Waals surface area contributed by atoms with Crippen LogP contribution in [0.25, 0.3) is 0 Å². The monoisotopic (exact) mass is 234 g/mol. The van der Waals surface area contributed by atoms with Crippen molar-refractivity contribution < 1.29 is 9.39 Å². The zero-order valence-corrected chi connectivity index (χ0v) is 11.1. The molecule has 1 aliphatic heterocycles. The fraction of sp³-hybridized carbons (Fsp3) is 0.857. The SMILES string of the molecule is CC1(C)C2C=C(CCOBC3COC3)CC1C2. The average molecular weight is 234 g/mol. The summed E-state index contributed by atoms with van der Waals surface area (Å²) < 4.78 is 10.9. The van der Waals surface area contributed by atoms with Crippen molar-refractivity contribution in [2.24, 2.45) is 17.3 Å². The lowest BCUT2D eigenvalue weighted by Crippen LogP contribution is -2.46. The van der Waals surface area contributed by atoms with Crippen molar-refractivity contribution in [3.63, 3.8) is 0 Å². The van der Waals surface area contributed by atoms with E-state index in [9.17, 15) is 0 Å². The van der Waals surface area contributed by atoms with Gasteiger partial charge in [0.1, 0.15) is 0 Å². The number of hydrogen-bond donors (Lipinski definition) is 0. The van der Waals surface area contributed by atoms with Crippen LogP contribution in [-0.2, 0) is 9.39 Å². The molecule has 1 heterocycles. The van der Waals surface area contributed by atoms with Gasteiger partial charge in [0.25, 0.3) is 7.48 Å². The fourth-order valence-electron chi connectivity index (χ4n) is 3.37. The van der Waals surface area contributed by atoms with Crippen molar-refractivity contribution >= 4 is 7.48 Å². The molecule has 0 N–H and O–H groups in total. The number of allylic oxidation sites excluding steroid dienone is 1. The summed E-state index contributed by atoms with van der Waals surface area (Å²) in [6.45, 7) is 7.56. The fourth-order valence-corrected chi connectivity index (χ4v) is 3.37. The summed E-state index contributed by atoms with van der Waals surface area (Å²) in [5.74, 6) is 2.45. The Bertz CT molecular complexity index is 320. The van der Waals surface area contributed by atoms with Crippen LogP contribution >= 0.6 is 0 Å². The van der Waals surface area contributed by atoms with Gasteiger partial charge in [-0.3, -0.25) is 0 Å². The molecule has 17 heavy (non-hydrogen) atoms. The quantitative estimate of drug-likeness (QED) is 0.413. The van der Waals surface area contributed by atoms with Gasteiger partial charge >= 0.3 is 0 Å². The molecule has 2 fully saturated rings. The predicted octanol–water partition coefficient (Wildman–Crippen LogP) is 2.56. The molecule has 0 amide bonds. The van der Waals surface area contributed by atoms with Crippen LogP contribution in [0.15, 0.2) is 11.6 Å². The van der Waals surface area contributed by atoms with Crippen LogP contribution < -0.4 is 0 Å². The maximum Gasteiger partial charge on any atom is 0.282 e. The van der Waals surface area contributed by atoms with E-state index in [0.717, 1.165) is 45.6 Å². The lowest BCUT2D eigenvalue weighted by Gasteiger charge is -2.55. The highest BCUT2D eigenvalue weighted by Gasteiger charge is 2.49. The van der Waals surface area contributed by atoms with E-state index < -0.39 is 0 Å². The molecular formula is C14H23BO2. The van der Waals surface area contributed by atoms with Crippen molar-refractivity contribution in [2.75, 3.05) is 19.8 Å². The van der Waals surface area contributed by atoms with E-state index in [4.69, 9.17) is 9.39 Å². The Morgan fingerprint density at radius 3 is 2.82 bits per heavy atom. The largest absolute Gasteiger partial charge is 0.439 e. The van der Waals surface area contributed by atoms with Gasteiger partial charge in [-0.25, -0.2) is 0 Å². The zero-order valence-electron chi connectivity index (χ0n) is 11.1. The van der Waals surface area contributed by atoms with E-state index in [2.05, 4.69) is 19.9 Å². The van der Waals surface area contributed by atoms with E-state index in [1.165, 1.54) is 12.8 Å². The Morgan fingerprint density at radius 2 is 2.29 bits per heavy atom. The first kappa shape index (κ1) is 11.8. The Labute approximate surface area is 105 Å². The highest BCUT2D eigenvalue weighted by atomic mass is 16.5. The number of fused-ring (bicyclic) bond motifs is 1. The summed E-state index contributed by atoms with van der Waals surface area (Å²) in [7, 11) is 0.894. The molecule has 1 saturated heterocycles. The molecule has 3 aliphatic carbocycles. The second-order valence-corrected chi connectivity index (χ2v) is 6.62. The third-order valence-corrected chi connectivity index (χ3v) is 5.12. The first-order chi connectivity index (χ1) is 8.16. The Kier molecular flexibility index (Phi) is 3.08. The molecule has 1 saturated carbocycles. The van der Waals surface area contributed by atoms with Crippen LogP contribution in [0.5, 0.6) is 0 Å². The van der Waals surface area contributed by atoms with Gasteiger partial charge in [-0.1, -0.05) is 25.5 Å². The normalized spacial score (nSPS) is 34.6. The Hall–Kier alpha value is -0.275. The molecular weight excluding hydrogens is 211 g/mol. The predicted molar refractivity (Wildman–Crippen MR) is 70.4 cm³/mol. The summed E-state index contributed by atoms with van der Waals surface area (Å²) in [5.41, 5.74) is 2.23. The minimum Gasteiger partial charge on any atom is -0.439 e. The van der Waals surface area contributed by atoms with Gasteiger partial charge in [-0.05, 0) is 36.5 Å². The van der Waals surface area contributed by atoms with Crippen LogP contribution in [-0.4, -0.2) is 27.3 Å². The third-order valence-electron chi connectivity index (χ3n) is 5.12. The molecule has 0 spiro atoms. The molecule has 3 heteroatoms. The van der Waals surface area contributed by atoms with Gasteiger partial charge in [0, 0.05) is 25.6 Å². The maximum absolute atomic E-state index is 5.72. The molecule has 0 aromatic heterocycles. The summed E-state index contributed by atoms with van der Waals surface area (Å²) in [4.78, 5) is 0. The smallest absolute Gasteiger partial charge is 0.282 e. The molecule has 0 aromatic carbocycles. The second kappa shape index (κ2) is 4.44. The zero-order chi connectivity index (χ0) is 11.9. The van der Waals surface area contributed by atoms with E-state index in [1.807, 2.05) is 0 Å². The van der Waals surface area contributed by atoms with Crippen LogP contribution in [0.3, 0.4) is 0 Å². The van der Waals surface area contributed by atoms with Crippen molar-refractivity contribution in [2.45, 2.75) is 38.9 Å². The Morgan fingerprint density at radius 1 is 1.47 bits per heavy atom.